The minimum atomic E-state index is 0.384. The maximum absolute atomic E-state index is 4.69. The molecule has 0 saturated carbocycles. The fourth-order valence-electron chi connectivity index (χ4n) is 2.38. The highest BCUT2D eigenvalue weighted by molar-refractivity contribution is 5.54. The van der Waals surface area contributed by atoms with Crippen LogP contribution in [-0.2, 0) is 13.0 Å². The van der Waals surface area contributed by atoms with E-state index in [-0.39, 0.29) is 0 Å². The lowest BCUT2D eigenvalue weighted by Gasteiger charge is -2.11. The van der Waals surface area contributed by atoms with E-state index in [4.69, 9.17) is 0 Å². The van der Waals surface area contributed by atoms with E-state index in [0.717, 1.165) is 29.9 Å². The molecule has 3 rings (SSSR count). The predicted octanol–water partition coefficient (Wildman–Crippen LogP) is 3.29. The summed E-state index contributed by atoms with van der Waals surface area (Å²) in [6, 6.07) is 4.04. The van der Waals surface area contributed by atoms with Crippen molar-refractivity contribution in [2.24, 2.45) is 5.92 Å². The van der Waals surface area contributed by atoms with Gasteiger partial charge in [0.15, 0.2) is 0 Å². The molecule has 2 aromatic rings. The Bertz CT molecular complexity index is 630. The van der Waals surface area contributed by atoms with Crippen molar-refractivity contribution in [2.45, 2.75) is 39.7 Å². The molecule has 2 aromatic heterocycles. The average molecular weight is 265 g/mol. The molecule has 20 heavy (non-hydrogen) atoms. The summed E-state index contributed by atoms with van der Waals surface area (Å²) in [6.45, 7) is 5.26. The van der Waals surface area contributed by atoms with Crippen LogP contribution in [0.15, 0.2) is 24.5 Å². The van der Waals surface area contributed by atoms with Crippen molar-refractivity contribution in [1.29, 1.82) is 0 Å². The molecule has 0 N–H and O–H groups in total. The van der Waals surface area contributed by atoms with Gasteiger partial charge in [0.25, 0.3) is 0 Å². The minimum absolute atomic E-state index is 0.384. The van der Waals surface area contributed by atoms with Crippen LogP contribution in [0.5, 0.6) is 0 Å². The number of aryl methyl sites for hydroxylation is 2. The number of hydrogen-bond donors (Lipinski definition) is 0. The molecule has 0 bridgehead atoms. The summed E-state index contributed by atoms with van der Waals surface area (Å²) in [6.07, 6.45) is 7.53. The van der Waals surface area contributed by atoms with E-state index in [0.29, 0.717) is 5.92 Å². The van der Waals surface area contributed by atoms with E-state index in [1.807, 2.05) is 18.3 Å². The van der Waals surface area contributed by atoms with Gasteiger partial charge in [-0.1, -0.05) is 25.7 Å². The first-order valence-electron chi connectivity index (χ1n) is 7.26. The third kappa shape index (κ3) is 2.75. The summed E-state index contributed by atoms with van der Waals surface area (Å²) in [4.78, 5) is 9.18. The molecule has 0 radical (unpaired) electrons. The third-order valence-electron chi connectivity index (χ3n) is 3.44. The quantitative estimate of drug-likeness (QED) is 0.741. The maximum Gasteiger partial charge on any atom is 0.109 e. The number of rotatable bonds is 1. The standard InChI is InChI=1S/C17H19N3/c1-13(2)6-7-14-8-9-15(18-11-14)16-12-20-10-4-3-5-17(20)19-16/h8-9,11-13H,3-5,10H2,1-2H3. The number of imidazole rings is 1. The normalized spacial score (nSPS) is 13.8. The van der Waals surface area contributed by atoms with Crippen LogP contribution in [0.3, 0.4) is 0 Å². The van der Waals surface area contributed by atoms with Crippen LogP contribution in [0.1, 0.15) is 38.1 Å². The van der Waals surface area contributed by atoms with Crippen molar-refractivity contribution in [3.8, 4) is 23.2 Å². The van der Waals surface area contributed by atoms with Crippen molar-refractivity contribution in [1.82, 2.24) is 14.5 Å². The summed E-state index contributed by atoms with van der Waals surface area (Å²) in [5.41, 5.74) is 2.87. The van der Waals surface area contributed by atoms with Crippen LogP contribution >= 0.6 is 0 Å². The summed E-state index contributed by atoms with van der Waals surface area (Å²) < 4.78 is 2.26. The number of pyridine rings is 1. The van der Waals surface area contributed by atoms with Gasteiger partial charge in [0.05, 0.1) is 5.69 Å². The summed E-state index contributed by atoms with van der Waals surface area (Å²) in [5.74, 6) is 7.86. The average Bonchev–Trinajstić information content (AvgIpc) is 2.89. The Morgan fingerprint density at radius 3 is 2.80 bits per heavy atom. The zero-order valence-corrected chi connectivity index (χ0v) is 12.1. The largest absolute Gasteiger partial charge is 0.334 e. The van der Waals surface area contributed by atoms with Gasteiger partial charge >= 0.3 is 0 Å². The highest BCUT2D eigenvalue weighted by Gasteiger charge is 2.13. The smallest absolute Gasteiger partial charge is 0.109 e. The number of fused-ring (bicyclic) bond motifs is 1. The Balaban J connectivity index is 1.84. The first-order valence-corrected chi connectivity index (χ1v) is 7.26. The summed E-state index contributed by atoms with van der Waals surface area (Å²) in [7, 11) is 0. The van der Waals surface area contributed by atoms with E-state index in [1.165, 1.54) is 18.7 Å². The van der Waals surface area contributed by atoms with E-state index in [9.17, 15) is 0 Å². The molecule has 0 fully saturated rings. The van der Waals surface area contributed by atoms with Gasteiger partial charge in [-0.15, -0.1) is 0 Å². The lowest BCUT2D eigenvalue weighted by atomic mass is 10.2. The first kappa shape index (κ1) is 12.9. The van der Waals surface area contributed by atoms with E-state index < -0.39 is 0 Å². The van der Waals surface area contributed by atoms with Crippen LogP contribution < -0.4 is 0 Å². The van der Waals surface area contributed by atoms with Crippen molar-refractivity contribution in [3.05, 3.63) is 35.9 Å². The Morgan fingerprint density at radius 2 is 2.10 bits per heavy atom. The molecule has 0 saturated heterocycles. The molecule has 0 amide bonds. The predicted molar refractivity (Wildman–Crippen MR) is 80.1 cm³/mol. The monoisotopic (exact) mass is 265 g/mol. The Morgan fingerprint density at radius 1 is 1.20 bits per heavy atom. The second-order valence-electron chi connectivity index (χ2n) is 5.55. The summed E-state index contributed by atoms with van der Waals surface area (Å²) in [5, 5.41) is 0. The van der Waals surface area contributed by atoms with Gasteiger partial charge in [-0.05, 0) is 25.0 Å². The molecule has 0 atom stereocenters. The van der Waals surface area contributed by atoms with Crippen molar-refractivity contribution < 1.29 is 0 Å². The van der Waals surface area contributed by atoms with Gasteiger partial charge < -0.3 is 4.57 Å². The highest BCUT2D eigenvalue weighted by Crippen LogP contribution is 2.21. The van der Waals surface area contributed by atoms with Crippen molar-refractivity contribution in [3.63, 3.8) is 0 Å². The number of aromatic nitrogens is 3. The molecule has 1 aliphatic rings. The molecule has 3 nitrogen and oxygen atoms in total. The fourth-order valence-corrected chi connectivity index (χ4v) is 2.38. The lowest BCUT2D eigenvalue weighted by Crippen LogP contribution is -2.08. The molecule has 3 heterocycles. The molecule has 0 aromatic carbocycles. The Kier molecular flexibility index (Phi) is 3.56. The van der Waals surface area contributed by atoms with Crippen LogP contribution in [-0.4, -0.2) is 14.5 Å². The van der Waals surface area contributed by atoms with Crippen molar-refractivity contribution >= 4 is 0 Å². The Hall–Kier alpha value is -2.08. The molecule has 0 aliphatic carbocycles. The number of hydrogen-bond acceptors (Lipinski definition) is 2. The minimum Gasteiger partial charge on any atom is -0.334 e. The van der Waals surface area contributed by atoms with Gasteiger partial charge in [0.2, 0.25) is 0 Å². The first-order chi connectivity index (χ1) is 9.72. The van der Waals surface area contributed by atoms with E-state index in [2.05, 4.69) is 46.4 Å². The molecule has 1 aliphatic heterocycles. The van der Waals surface area contributed by atoms with Crippen LogP contribution in [0, 0.1) is 17.8 Å². The lowest BCUT2D eigenvalue weighted by molar-refractivity contribution is 0.522. The van der Waals surface area contributed by atoms with Crippen LogP contribution in [0.4, 0.5) is 0 Å². The van der Waals surface area contributed by atoms with Gasteiger partial charge in [-0.25, -0.2) is 4.98 Å². The molecular formula is C17H19N3. The molecule has 0 spiro atoms. The highest BCUT2D eigenvalue weighted by atomic mass is 15.1. The molecule has 0 unspecified atom stereocenters. The number of nitrogens with zero attached hydrogens (tertiary/aromatic N) is 3. The third-order valence-corrected chi connectivity index (χ3v) is 3.44. The zero-order chi connectivity index (χ0) is 13.9. The van der Waals surface area contributed by atoms with Crippen LogP contribution in [0.2, 0.25) is 0 Å². The second kappa shape index (κ2) is 5.50. The van der Waals surface area contributed by atoms with E-state index in [1.54, 1.807) is 0 Å². The van der Waals surface area contributed by atoms with Gasteiger partial charge in [-0.2, -0.15) is 0 Å². The maximum atomic E-state index is 4.69. The molecular weight excluding hydrogens is 246 g/mol. The van der Waals surface area contributed by atoms with Crippen molar-refractivity contribution in [2.75, 3.05) is 0 Å². The summed E-state index contributed by atoms with van der Waals surface area (Å²) >= 11 is 0. The second-order valence-corrected chi connectivity index (χ2v) is 5.55. The zero-order valence-electron chi connectivity index (χ0n) is 12.1. The van der Waals surface area contributed by atoms with Gasteiger partial charge in [0.1, 0.15) is 11.5 Å². The Labute approximate surface area is 120 Å². The fraction of sp³-hybridized carbons (Fsp3) is 0.412. The SMILES string of the molecule is CC(C)C#Cc1ccc(-c2cn3c(n2)CCCC3)nc1. The molecule has 102 valence electrons. The van der Waals surface area contributed by atoms with E-state index >= 15 is 0 Å². The topological polar surface area (TPSA) is 30.7 Å². The van der Waals surface area contributed by atoms with Gasteiger partial charge in [-0.3, -0.25) is 4.98 Å². The molecule has 3 heteroatoms. The van der Waals surface area contributed by atoms with Gasteiger partial charge in [0, 0.05) is 36.8 Å². The van der Waals surface area contributed by atoms with Crippen LogP contribution in [0.25, 0.3) is 11.4 Å².